The number of hydrogen-bond acceptors (Lipinski definition) is 5. The molecule has 1 heterocycles. The number of ether oxygens (including phenoxy) is 1. The van der Waals surface area contributed by atoms with Gasteiger partial charge < -0.3 is 0 Å². The Bertz CT molecular complexity index is 1750. The maximum absolute atomic E-state index is 15.6. The zero-order chi connectivity index (χ0) is 32.8. The van der Waals surface area contributed by atoms with Gasteiger partial charge in [-0.3, -0.25) is 0 Å². The summed E-state index contributed by atoms with van der Waals surface area (Å²) in [5.74, 6) is -7.04. The predicted molar refractivity (Wildman–Crippen MR) is 166 cm³/mol. The molecule has 0 radical (unpaired) electrons. The van der Waals surface area contributed by atoms with E-state index < -0.39 is 63.4 Å². The van der Waals surface area contributed by atoms with Crippen molar-refractivity contribution in [2.75, 3.05) is 16.3 Å². The fourth-order valence-electron chi connectivity index (χ4n) is 5.27. The summed E-state index contributed by atoms with van der Waals surface area (Å²) in [6.45, 7) is 2.94. The number of para-hydroxylation sites is 1. The molecule has 0 saturated carbocycles. The zero-order valence-corrected chi connectivity index (χ0v) is 28.2. The van der Waals surface area contributed by atoms with Gasteiger partial charge in [0.15, 0.2) is 0 Å². The summed E-state index contributed by atoms with van der Waals surface area (Å²) in [7, 11) is 0. The van der Waals surface area contributed by atoms with Gasteiger partial charge in [0.1, 0.15) is 0 Å². The van der Waals surface area contributed by atoms with E-state index in [0.29, 0.717) is 40.5 Å². The molecule has 0 aromatic heterocycles. The summed E-state index contributed by atoms with van der Waals surface area (Å²) in [4.78, 5) is 2.99. The Morgan fingerprint density at radius 3 is 2.00 bits per heavy atom. The average Bonchev–Trinajstić information content (AvgIpc) is 3.21. The molecule has 14 heteroatoms. The molecule has 0 N–H and O–H groups in total. The molecule has 0 unspecified atom stereocenters. The molecule has 1 saturated heterocycles. The Labute approximate surface area is 285 Å². The Hall–Kier alpha value is -2.37. The van der Waals surface area contributed by atoms with Crippen molar-refractivity contribution >= 4 is 63.6 Å². The molecule has 1 aliphatic rings. The van der Waals surface area contributed by atoms with Crippen LogP contribution in [-0.4, -0.2) is 28.3 Å². The van der Waals surface area contributed by atoms with E-state index in [1.807, 2.05) is 0 Å². The van der Waals surface area contributed by atoms with Crippen LogP contribution in [0.1, 0.15) is 19.4 Å². The number of anilines is 2. The number of thioether (sulfide) groups is 1. The fourth-order valence-corrected chi connectivity index (χ4v) is 7.78. The molecule has 0 spiro atoms. The van der Waals surface area contributed by atoms with Crippen LogP contribution >= 0.6 is 47.6 Å². The summed E-state index contributed by atoms with van der Waals surface area (Å²) in [6, 6.07) is 11.9. The first-order valence-electron chi connectivity index (χ1n) is 13.1. The molecule has 1 aliphatic heterocycles. The van der Waals surface area contributed by atoms with Crippen LogP contribution in [0.15, 0.2) is 70.5 Å². The fraction of sp³-hybridized carbons (Fsp3) is 0.194. The third-order valence-corrected chi connectivity index (χ3v) is 10.3. The van der Waals surface area contributed by atoms with Crippen LogP contribution in [0.25, 0.3) is 0 Å². The van der Waals surface area contributed by atoms with Gasteiger partial charge in [-0.15, -0.1) is 0 Å². The molecule has 4 aromatic carbocycles. The van der Waals surface area contributed by atoms with Gasteiger partial charge in [-0.2, -0.15) is 0 Å². The van der Waals surface area contributed by atoms with E-state index in [1.165, 1.54) is 21.9 Å². The van der Waals surface area contributed by atoms with Crippen molar-refractivity contribution in [3.05, 3.63) is 111 Å². The van der Waals surface area contributed by atoms with Crippen LogP contribution in [-0.2, 0) is 17.9 Å². The summed E-state index contributed by atoms with van der Waals surface area (Å²) in [6.07, 6.45) is -1.43. The Morgan fingerprint density at radius 2 is 1.42 bits per heavy atom. The molecule has 4 aromatic rings. The van der Waals surface area contributed by atoms with E-state index in [0.717, 1.165) is 11.8 Å². The van der Waals surface area contributed by atoms with Crippen molar-refractivity contribution in [1.82, 2.24) is 0 Å². The number of hydrogen-bond donors (Lipinski definition) is 1. The van der Waals surface area contributed by atoms with Crippen LogP contribution in [0.4, 0.5) is 37.7 Å². The van der Waals surface area contributed by atoms with E-state index in [9.17, 15) is 8.78 Å². The summed E-state index contributed by atoms with van der Waals surface area (Å²) < 4.78 is 98.6. The standard InChI is InChI=1S/C31H22Cl2F6N2OS2.Ru/c1-15-6-4-5-7-24(15)42-30(44-28-19(33)9-8-18(32)27(28)43)29-40(25-20(36)10-16(34)11-21(25)37)14-31(2,3)41(29)26-22(38)12-17(35)13-23(26)39;/h1,4-13,29-30,43H,14H2,2-3H3;/q;+1/t29-,30+;/m0./s1. The van der Waals surface area contributed by atoms with Crippen LogP contribution in [0, 0.1) is 34.9 Å². The molecular weight excluding hydrogens is 766 g/mol. The number of thiol groups is 1. The first kappa shape index (κ1) is 34.0. The maximum atomic E-state index is 15.6. The number of benzene rings is 4. The monoisotopic (exact) mass is 788 g/mol. The third kappa shape index (κ3) is 6.72. The van der Waals surface area contributed by atoms with Crippen LogP contribution in [0.2, 0.25) is 10.0 Å². The van der Waals surface area contributed by atoms with Crippen molar-refractivity contribution in [2.24, 2.45) is 0 Å². The van der Waals surface area contributed by atoms with Gasteiger partial charge in [0.25, 0.3) is 0 Å². The number of rotatable bonds is 8. The SMILES string of the molecule is CC1(C)CN(c2c(F)cc(F)cc2F)[C@H]([C@H](Oc2ccccc2[CH]=[Ru+])Sc2c(Cl)ccc(Cl)c2S)N1c1c(F)cc(F)cc1F. The van der Waals surface area contributed by atoms with Gasteiger partial charge in [0, 0.05) is 0 Å². The minimum absolute atomic E-state index is 0.197. The normalized spacial score (nSPS) is 16.6. The molecule has 0 amide bonds. The third-order valence-electron chi connectivity index (χ3n) is 7.07. The molecule has 1 fully saturated rings. The second-order valence-corrected chi connectivity index (χ2v) is 13.5. The topological polar surface area (TPSA) is 15.7 Å². The zero-order valence-electron chi connectivity index (χ0n) is 23.2. The Morgan fingerprint density at radius 1 is 0.889 bits per heavy atom. The number of nitrogens with zero attached hydrogens (tertiary/aromatic N) is 2. The van der Waals surface area contributed by atoms with Crippen molar-refractivity contribution in [3.63, 3.8) is 0 Å². The molecule has 237 valence electrons. The molecule has 45 heavy (non-hydrogen) atoms. The second-order valence-electron chi connectivity index (χ2n) is 10.6. The van der Waals surface area contributed by atoms with Crippen LogP contribution < -0.4 is 14.5 Å². The molecule has 3 nitrogen and oxygen atoms in total. The summed E-state index contributed by atoms with van der Waals surface area (Å²) in [5.41, 5.74) is -3.30. The van der Waals surface area contributed by atoms with Gasteiger partial charge in [-0.25, -0.2) is 0 Å². The first-order chi connectivity index (χ1) is 21.2. The van der Waals surface area contributed by atoms with Gasteiger partial charge in [0.05, 0.1) is 0 Å². The van der Waals surface area contributed by atoms with Gasteiger partial charge in [0.2, 0.25) is 0 Å². The van der Waals surface area contributed by atoms with Crippen molar-refractivity contribution in [1.29, 1.82) is 0 Å². The van der Waals surface area contributed by atoms with E-state index >= 15 is 17.6 Å². The summed E-state index contributed by atoms with van der Waals surface area (Å²) in [5, 5.41) is 0.429. The van der Waals surface area contributed by atoms with E-state index in [2.05, 4.69) is 30.5 Å². The molecule has 0 bridgehead atoms. The number of halogens is 8. The average molecular weight is 789 g/mol. The minimum atomic E-state index is -1.43. The Kier molecular flexibility index (Phi) is 10.1. The van der Waals surface area contributed by atoms with Gasteiger partial charge in [-0.05, 0) is 0 Å². The molecule has 5 rings (SSSR count). The predicted octanol–water partition coefficient (Wildman–Crippen LogP) is 9.44. The van der Waals surface area contributed by atoms with Crippen molar-refractivity contribution < 1.29 is 48.9 Å². The molecule has 2 atom stereocenters. The molecular formula is C31H22Cl2F6N2ORuS2+. The Balaban J connectivity index is 1.81. The van der Waals surface area contributed by atoms with E-state index in [4.69, 9.17) is 27.9 Å². The molecule has 0 aliphatic carbocycles. The van der Waals surface area contributed by atoms with Gasteiger partial charge >= 0.3 is 287 Å². The van der Waals surface area contributed by atoms with Crippen LogP contribution in [0.5, 0.6) is 5.75 Å². The summed E-state index contributed by atoms with van der Waals surface area (Å²) >= 11 is 20.7. The van der Waals surface area contributed by atoms with Gasteiger partial charge in [-0.1, -0.05) is 0 Å². The van der Waals surface area contributed by atoms with E-state index in [1.54, 1.807) is 42.7 Å². The van der Waals surface area contributed by atoms with E-state index in [-0.39, 0.29) is 21.5 Å². The van der Waals surface area contributed by atoms with Crippen LogP contribution in [0.3, 0.4) is 0 Å². The van der Waals surface area contributed by atoms with Crippen molar-refractivity contribution in [2.45, 2.75) is 40.8 Å². The van der Waals surface area contributed by atoms with Crippen molar-refractivity contribution in [3.8, 4) is 5.75 Å². The second kappa shape index (κ2) is 13.4. The first-order valence-corrected chi connectivity index (χ1v) is 16.2. The quantitative estimate of drug-likeness (QED) is 0.0630.